The first-order valence-corrected chi connectivity index (χ1v) is 9.05. The number of nitrogens with one attached hydrogen (secondary N) is 1. The van der Waals surface area contributed by atoms with Gasteiger partial charge in [-0.3, -0.25) is 14.5 Å². The lowest BCUT2D eigenvalue weighted by Gasteiger charge is -2.45. The maximum atomic E-state index is 12.9. The zero-order chi connectivity index (χ0) is 16.4. The summed E-state index contributed by atoms with van der Waals surface area (Å²) in [5.41, 5.74) is 6.33. The molecule has 0 aromatic carbocycles. The predicted molar refractivity (Wildman–Crippen MR) is 88.6 cm³/mol. The number of nitrogens with two attached hydrogens (primary N) is 1. The molecule has 0 aromatic rings. The molecule has 2 amide bonds. The third-order valence-electron chi connectivity index (χ3n) is 6.09. The van der Waals surface area contributed by atoms with Gasteiger partial charge in [0.15, 0.2) is 0 Å². The monoisotopic (exact) mass is 322 g/mol. The van der Waals surface area contributed by atoms with Crippen molar-refractivity contribution in [2.24, 2.45) is 23.5 Å². The summed E-state index contributed by atoms with van der Waals surface area (Å²) in [6.07, 6.45) is 5.63. The quantitative estimate of drug-likeness (QED) is 0.768. The van der Waals surface area contributed by atoms with Crippen LogP contribution in [0.4, 0.5) is 0 Å². The number of amides is 2. The van der Waals surface area contributed by atoms with Crippen molar-refractivity contribution >= 4 is 11.8 Å². The smallest absolute Gasteiger partial charge is 0.233 e. The molecule has 0 aromatic heterocycles. The molecule has 3 rings (SSSR count). The van der Waals surface area contributed by atoms with Crippen molar-refractivity contribution in [1.29, 1.82) is 0 Å². The van der Waals surface area contributed by atoms with E-state index in [0.29, 0.717) is 30.3 Å². The van der Waals surface area contributed by atoms with E-state index in [-0.39, 0.29) is 11.8 Å². The molecule has 1 aliphatic heterocycles. The van der Waals surface area contributed by atoms with E-state index in [1.807, 2.05) is 4.90 Å². The highest BCUT2D eigenvalue weighted by atomic mass is 16.2. The SMILES string of the molecule is CNC(=O)CN1CCN(C(=O)C2CC3CCCC(C2)C3N)CC1. The number of carbonyl (C=O) groups is 2. The standard InChI is InChI=1S/C17H30N4O2/c1-19-15(22)11-20-5-7-21(8-6-20)17(23)14-9-12-3-2-4-13(10-14)16(12)18/h12-14,16H,2-11,18H2,1H3,(H,19,22). The Kier molecular flexibility index (Phi) is 5.21. The Hall–Kier alpha value is -1.14. The van der Waals surface area contributed by atoms with E-state index in [1.165, 1.54) is 19.3 Å². The average molecular weight is 322 g/mol. The van der Waals surface area contributed by atoms with Crippen LogP contribution in [-0.2, 0) is 9.59 Å². The number of hydrogen-bond donors (Lipinski definition) is 2. The first kappa shape index (κ1) is 16.7. The minimum Gasteiger partial charge on any atom is -0.358 e. The van der Waals surface area contributed by atoms with Crippen LogP contribution < -0.4 is 11.1 Å². The number of nitrogens with zero attached hydrogens (tertiary/aromatic N) is 2. The molecule has 3 fully saturated rings. The van der Waals surface area contributed by atoms with Crippen LogP contribution in [0.1, 0.15) is 32.1 Å². The number of hydrogen-bond acceptors (Lipinski definition) is 4. The fourth-order valence-corrected chi connectivity index (χ4v) is 4.66. The maximum Gasteiger partial charge on any atom is 0.233 e. The average Bonchev–Trinajstić information content (AvgIpc) is 2.54. The van der Waals surface area contributed by atoms with Crippen molar-refractivity contribution in [3.8, 4) is 0 Å². The molecule has 130 valence electrons. The largest absolute Gasteiger partial charge is 0.358 e. The highest BCUT2D eigenvalue weighted by Gasteiger charge is 2.41. The van der Waals surface area contributed by atoms with Crippen LogP contribution in [0.5, 0.6) is 0 Å². The highest BCUT2D eigenvalue weighted by molar-refractivity contribution is 5.79. The van der Waals surface area contributed by atoms with E-state index in [9.17, 15) is 9.59 Å². The first-order valence-electron chi connectivity index (χ1n) is 9.05. The van der Waals surface area contributed by atoms with E-state index in [0.717, 1.165) is 39.0 Å². The molecule has 1 heterocycles. The summed E-state index contributed by atoms with van der Waals surface area (Å²) in [4.78, 5) is 28.4. The summed E-state index contributed by atoms with van der Waals surface area (Å²) in [6, 6.07) is 0.317. The van der Waals surface area contributed by atoms with Crippen molar-refractivity contribution in [2.75, 3.05) is 39.8 Å². The Morgan fingerprint density at radius 2 is 1.70 bits per heavy atom. The van der Waals surface area contributed by atoms with E-state index in [4.69, 9.17) is 5.73 Å². The third-order valence-corrected chi connectivity index (χ3v) is 6.09. The zero-order valence-corrected chi connectivity index (χ0v) is 14.2. The molecule has 0 spiro atoms. The van der Waals surface area contributed by atoms with Crippen LogP contribution in [0.25, 0.3) is 0 Å². The summed E-state index contributed by atoms with van der Waals surface area (Å²) in [7, 11) is 1.66. The van der Waals surface area contributed by atoms with Gasteiger partial charge in [-0.05, 0) is 37.5 Å². The van der Waals surface area contributed by atoms with Crippen molar-refractivity contribution in [3.63, 3.8) is 0 Å². The fourth-order valence-electron chi connectivity index (χ4n) is 4.66. The second-order valence-electron chi connectivity index (χ2n) is 7.47. The second kappa shape index (κ2) is 7.18. The predicted octanol–water partition coefficient (Wildman–Crippen LogP) is 0.0302. The number of carbonyl (C=O) groups excluding carboxylic acids is 2. The molecule has 2 aliphatic carbocycles. The second-order valence-corrected chi connectivity index (χ2v) is 7.47. The van der Waals surface area contributed by atoms with Gasteiger partial charge in [0.05, 0.1) is 6.54 Å². The van der Waals surface area contributed by atoms with Crippen LogP contribution >= 0.6 is 0 Å². The molecule has 3 aliphatic rings. The number of likely N-dealkylation sites (N-methyl/N-ethyl adjacent to an activating group) is 1. The van der Waals surface area contributed by atoms with E-state index < -0.39 is 0 Å². The summed E-state index contributed by atoms with van der Waals surface area (Å²) < 4.78 is 0. The highest BCUT2D eigenvalue weighted by Crippen LogP contribution is 2.42. The Morgan fingerprint density at radius 3 is 2.26 bits per heavy atom. The molecule has 1 saturated heterocycles. The van der Waals surface area contributed by atoms with Gasteiger partial charge in [0.2, 0.25) is 11.8 Å². The maximum absolute atomic E-state index is 12.9. The van der Waals surface area contributed by atoms with Gasteiger partial charge in [-0.25, -0.2) is 0 Å². The number of piperazine rings is 1. The van der Waals surface area contributed by atoms with Crippen LogP contribution in [0.3, 0.4) is 0 Å². The zero-order valence-electron chi connectivity index (χ0n) is 14.2. The van der Waals surface area contributed by atoms with E-state index >= 15 is 0 Å². The molecule has 6 nitrogen and oxygen atoms in total. The van der Waals surface area contributed by atoms with Crippen LogP contribution in [0.15, 0.2) is 0 Å². The summed E-state index contributed by atoms with van der Waals surface area (Å²) in [5.74, 6) is 1.64. The molecular weight excluding hydrogens is 292 g/mol. The fraction of sp³-hybridized carbons (Fsp3) is 0.882. The van der Waals surface area contributed by atoms with Crippen molar-refractivity contribution in [3.05, 3.63) is 0 Å². The van der Waals surface area contributed by atoms with Gasteiger partial charge in [0.25, 0.3) is 0 Å². The number of rotatable bonds is 3. The topological polar surface area (TPSA) is 78.7 Å². The molecule has 6 heteroatoms. The van der Waals surface area contributed by atoms with E-state index in [2.05, 4.69) is 10.2 Å². The van der Waals surface area contributed by atoms with Gasteiger partial charge in [-0.2, -0.15) is 0 Å². The summed E-state index contributed by atoms with van der Waals surface area (Å²) >= 11 is 0. The molecule has 23 heavy (non-hydrogen) atoms. The Morgan fingerprint density at radius 1 is 1.09 bits per heavy atom. The lowest BCUT2D eigenvalue weighted by atomic mass is 9.65. The minimum absolute atomic E-state index is 0.0406. The van der Waals surface area contributed by atoms with Gasteiger partial charge in [0, 0.05) is 45.2 Å². The summed E-state index contributed by atoms with van der Waals surface area (Å²) in [6.45, 7) is 3.50. The minimum atomic E-state index is 0.0406. The lowest BCUT2D eigenvalue weighted by Crippen LogP contribution is -2.54. The Labute approximate surface area is 138 Å². The Balaban J connectivity index is 1.51. The lowest BCUT2D eigenvalue weighted by molar-refractivity contribution is -0.140. The summed E-state index contributed by atoms with van der Waals surface area (Å²) in [5, 5.41) is 2.65. The molecule has 2 bridgehead atoms. The van der Waals surface area contributed by atoms with Crippen LogP contribution in [0.2, 0.25) is 0 Å². The van der Waals surface area contributed by atoms with Crippen molar-refractivity contribution in [2.45, 2.75) is 38.1 Å². The Bertz CT molecular complexity index is 434. The van der Waals surface area contributed by atoms with Crippen LogP contribution in [0, 0.1) is 17.8 Å². The van der Waals surface area contributed by atoms with E-state index in [1.54, 1.807) is 7.05 Å². The molecule has 2 unspecified atom stereocenters. The van der Waals surface area contributed by atoms with Crippen LogP contribution in [-0.4, -0.2) is 67.4 Å². The molecule has 2 atom stereocenters. The molecular formula is C17H30N4O2. The molecule has 3 N–H and O–H groups in total. The third kappa shape index (κ3) is 3.69. The normalized spacial score (nSPS) is 35.0. The van der Waals surface area contributed by atoms with Gasteiger partial charge >= 0.3 is 0 Å². The molecule has 2 saturated carbocycles. The van der Waals surface area contributed by atoms with Crippen molar-refractivity contribution < 1.29 is 9.59 Å². The first-order chi connectivity index (χ1) is 11.1. The number of fused-ring (bicyclic) bond motifs is 2. The van der Waals surface area contributed by atoms with Crippen molar-refractivity contribution in [1.82, 2.24) is 15.1 Å². The van der Waals surface area contributed by atoms with Gasteiger partial charge in [0.1, 0.15) is 0 Å². The van der Waals surface area contributed by atoms with Gasteiger partial charge in [-0.15, -0.1) is 0 Å². The molecule has 0 radical (unpaired) electrons. The van der Waals surface area contributed by atoms with Gasteiger partial charge < -0.3 is 16.0 Å². The van der Waals surface area contributed by atoms with Gasteiger partial charge in [-0.1, -0.05) is 6.42 Å².